The molecule has 0 aliphatic rings. The maximum absolute atomic E-state index is 12.0. The zero-order valence-electron chi connectivity index (χ0n) is 12.6. The zero-order chi connectivity index (χ0) is 15.5. The molecule has 1 aromatic carbocycles. The van der Waals surface area contributed by atoms with Crippen LogP contribution in [0.5, 0.6) is 5.75 Å². The van der Waals surface area contributed by atoms with Crippen LogP contribution in [0.25, 0.3) is 0 Å². The van der Waals surface area contributed by atoms with Crippen LogP contribution >= 0.6 is 0 Å². The quantitative estimate of drug-likeness (QED) is 0.560. The molecular formula is C16H23NO4. The van der Waals surface area contributed by atoms with Crippen molar-refractivity contribution in [2.75, 3.05) is 13.2 Å². The van der Waals surface area contributed by atoms with E-state index >= 15 is 0 Å². The first-order valence-electron chi connectivity index (χ1n) is 7.32. The minimum Gasteiger partial charge on any atom is -0.481 e. The van der Waals surface area contributed by atoms with Gasteiger partial charge in [-0.15, -0.1) is 0 Å². The lowest BCUT2D eigenvalue weighted by molar-refractivity contribution is -0.143. The van der Waals surface area contributed by atoms with Crippen molar-refractivity contribution in [1.29, 1.82) is 0 Å². The maximum Gasteiger partial charge on any atom is 0.305 e. The molecule has 5 heteroatoms. The normalized spacial score (nSPS) is 11.5. The van der Waals surface area contributed by atoms with Gasteiger partial charge in [0, 0.05) is 13.0 Å². The molecule has 1 unspecified atom stereocenters. The molecule has 0 aliphatic heterocycles. The van der Waals surface area contributed by atoms with E-state index in [1.807, 2.05) is 37.3 Å². The molecule has 1 atom stereocenters. The number of ether oxygens (including phenoxy) is 2. The Bertz CT molecular complexity index is 433. The summed E-state index contributed by atoms with van der Waals surface area (Å²) in [6.45, 7) is 4.48. The molecule has 0 aromatic heterocycles. The van der Waals surface area contributed by atoms with E-state index in [0.717, 1.165) is 0 Å². The summed E-state index contributed by atoms with van der Waals surface area (Å²) in [7, 11) is 0. The minimum atomic E-state index is -0.519. The van der Waals surface area contributed by atoms with Crippen LogP contribution in [-0.2, 0) is 14.3 Å². The Morgan fingerprint density at radius 3 is 2.52 bits per heavy atom. The highest BCUT2D eigenvalue weighted by molar-refractivity contribution is 5.81. The molecule has 0 spiro atoms. The van der Waals surface area contributed by atoms with Crippen molar-refractivity contribution in [2.24, 2.45) is 0 Å². The van der Waals surface area contributed by atoms with Crippen LogP contribution < -0.4 is 10.1 Å². The fourth-order valence-electron chi connectivity index (χ4n) is 1.78. The van der Waals surface area contributed by atoms with E-state index in [1.54, 1.807) is 6.92 Å². The van der Waals surface area contributed by atoms with Gasteiger partial charge in [0.15, 0.2) is 6.10 Å². The van der Waals surface area contributed by atoms with Crippen LogP contribution in [0.4, 0.5) is 0 Å². The van der Waals surface area contributed by atoms with E-state index in [4.69, 9.17) is 9.47 Å². The Balaban J connectivity index is 2.30. The summed E-state index contributed by atoms with van der Waals surface area (Å²) < 4.78 is 10.5. The van der Waals surface area contributed by atoms with E-state index in [1.165, 1.54) is 0 Å². The van der Waals surface area contributed by atoms with E-state index in [0.29, 0.717) is 38.2 Å². The van der Waals surface area contributed by atoms with Crippen molar-refractivity contribution in [1.82, 2.24) is 5.32 Å². The van der Waals surface area contributed by atoms with Crippen LogP contribution in [0.3, 0.4) is 0 Å². The van der Waals surface area contributed by atoms with Gasteiger partial charge in [-0.25, -0.2) is 0 Å². The summed E-state index contributed by atoms with van der Waals surface area (Å²) in [5.74, 6) is 0.274. The van der Waals surface area contributed by atoms with Crippen LogP contribution in [0.2, 0.25) is 0 Å². The fraction of sp³-hybridized carbons (Fsp3) is 0.500. The van der Waals surface area contributed by atoms with Gasteiger partial charge < -0.3 is 14.8 Å². The van der Waals surface area contributed by atoms with Crippen molar-refractivity contribution in [3.63, 3.8) is 0 Å². The summed E-state index contributed by atoms with van der Waals surface area (Å²) in [6.07, 6.45) is 0.935. The number of rotatable bonds is 9. The van der Waals surface area contributed by atoms with Crippen LogP contribution in [0.15, 0.2) is 30.3 Å². The third kappa shape index (κ3) is 6.79. The molecule has 0 bridgehead atoms. The standard InChI is InChI=1S/C16H23NO4/c1-3-14(21-13-9-6-5-7-10-13)16(19)17-12-8-11-15(18)20-4-2/h5-7,9-10,14H,3-4,8,11-12H2,1-2H3,(H,17,19). The maximum atomic E-state index is 12.0. The molecule has 116 valence electrons. The molecule has 5 nitrogen and oxygen atoms in total. The highest BCUT2D eigenvalue weighted by atomic mass is 16.5. The van der Waals surface area contributed by atoms with Gasteiger partial charge in [-0.05, 0) is 31.9 Å². The number of esters is 1. The fourth-order valence-corrected chi connectivity index (χ4v) is 1.78. The lowest BCUT2D eigenvalue weighted by Crippen LogP contribution is -2.38. The van der Waals surface area contributed by atoms with Crippen molar-refractivity contribution in [3.8, 4) is 5.75 Å². The van der Waals surface area contributed by atoms with Gasteiger partial charge in [-0.3, -0.25) is 9.59 Å². The number of carbonyl (C=O) groups excluding carboxylic acids is 2. The van der Waals surface area contributed by atoms with Gasteiger partial charge in [0.05, 0.1) is 6.61 Å². The smallest absolute Gasteiger partial charge is 0.305 e. The molecule has 1 amide bonds. The summed E-state index contributed by atoms with van der Waals surface area (Å²) in [5, 5.41) is 2.78. The second kappa shape index (κ2) is 9.80. The average molecular weight is 293 g/mol. The van der Waals surface area contributed by atoms with Crippen LogP contribution in [0.1, 0.15) is 33.1 Å². The molecule has 1 N–H and O–H groups in total. The first-order chi connectivity index (χ1) is 10.2. The molecule has 0 fully saturated rings. The lowest BCUT2D eigenvalue weighted by atomic mass is 10.2. The summed E-state index contributed by atoms with van der Waals surface area (Å²) in [6, 6.07) is 9.25. The Morgan fingerprint density at radius 2 is 1.90 bits per heavy atom. The number of amides is 1. The Hall–Kier alpha value is -2.04. The highest BCUT2D eigenvalue weighted by Gasteiger charge is 2.17. The van der Waals surface area contributed by atoms with Crippen LogP contribution in [0, 0.1) is 0 Å². The molecule has 21 heavy (non-hydrogen) atoms. The third-order valence-corrected chi connectivity index (χ3v) is 2.85. The summed E-state index contributed by atoms with van der Waals surface area (Å²) >= 11 is 0. The minimum absolute atomic E-state index is 0.162. The molecule has 0 aliphatic carbocycles. The second-order valence-electron chi connectivity index (χ2n) is 4.53. The highest BCUT2D eigenvalue weighted by Crippen LogP contribution is 2.12. The molecule has 0 radical (unpaired) electrons. The van der Waals surface area contributed by atoms with Crippen LogP contribution in [-0.4, -0.2) is 31.1 Å². The molecular weight excluding hydrogens is 270 g/mol. The number of nitrogens with one attached hydrogen (secondary N) is 1. The largest absolute Gasteiger partial charge is 0.481 e. The predicted octanol–water partition coefficient (Wildman–Crippen LogP) is 2.30. The summed E-state index contributed by atoms with van der Waals surface area (Å²) in [5.41, 5.74) is 0. The molecule has 1 rings (SSSR count). The van der Waals surface area contributed by atoms with Crippen molar-refractivity contribution in [3.05, 3.63) is 30.3 Å². The van der Waals surface area contributed by atoms with Gasteiger partial charge in [-0.1, -0.05) is 25.1 Å². The molecule has 0 saturated carbocycles. The first-order valence-corrected chi connectivity index (χ1v) is 7.32. The Labute approximate surface area is 125 Å². The van der Waals surface area contributed by atoms with E-state index < -0.39 is 6.10 Å². The van der Waals surface area contributed by atoms with Gasteiger partial charge in [0.2, 0.25) is 0 Å². The number of benzene rings is 1. The number of carbonyl (C=O) groups is 2. The molecule has 1 aromatic rings. The van der Waals surface area contributed by atoms with E-state index in [2.05, 4.69) is 5.32 Å². The van der Waals surface area contributed by atoms with Crippen molar-refractivity contribution < 1.29 is 19.1 Å². The van der Waals surface area contributed by atoms with Crippen molar-refractivity contribution >= 4 is 11.9 Å². The second-order valence-corrected chi connectivity index (χ2v) is 4.53. The van der Waals surface area contributed by atoms with E-state index in [9.17, 15) is 9.59 Å². The topological polar surface area (TPSA) is 64.6 Å². The summed E-state index contributed by atoms with van der Waals surface area (Å²) in [4.78, 5) is 23.2. The zero-order valence-corrected chi connectivity index (χ0v) is 12.6. The van der Waals surface area contributed by atoms with Gasteiger partial charge in [0.25, 0.3) is 5.91 Å². The third-order valence-electron chi connectivity index (χ3n) is 2.85. The molecule has 0 heterocycles. The average Bonchev–Trinajstić information content (AvgIpc) is 2.50. The number of para-hydroxylation sites is 1. The van der Waals surface area contributed by atoms with Gasteiger partial charge in [0.1, 0.15) is 5.75 Å². The Kier molecular flexibility index (Phi) is 7.94. The van der Waals surface area contributed by atoms with Gasteiger partial charge >= 0.3 is 5.97 Å². The SMILES string of the molecule is CCOC(=O)CCCNC(=O)C(CC)Oc1ccccc1. The monoisotopic (exact) mass is 293 g/mol. The van der Waals surface area contributed by atoms with Crippen molar-refractivity contribution in [2.45, 2.75) is 39.2 Å². The lowest BCUT2D eigenvalue weighted by Gasteiger charge is -2.17. The van der Waals surface area contributed by atoms with E-state index in [-0.39, 0.29) is 11.9 Å². The first kappa shape index (κ1) is 17.0. The predicted molar refractivity (Wildman–Crippen MR) is 80.0 cm³/mol. The Morgan fingerprint density at radius 1 is 1.19 bits per heavy atom. The molecule has 0 saturated heterocycles. The number of hydrogen-bond acceptors (Lipinski definition) is 4. The number of hydrogen-bond donors (Lipinski definition) is 1. The van der Waals surface area contributed by atoms with Gasteiger partial charge in [-0.2, -0.15) is 0 Å².